The average Bonchev–Trinajstić information content (AvgIpc) is 3.72. The molecule has 0 bridgehead atoms. The molecule has 44 heavy (non-hydrogen) atoms. The number of piperidine rings is 3. The van der Waals surface area contributed by atoms with Crippen LogP contribution in [0.3, 0.4) is 0 Å². The highest BCUT2D eigenvalue weighted by Crippen LogP contribution is 2.35. The minimum absolute atomic E-state index is 0.137. The molecule has 5 aliphatic rings. The van der Waals surface area contributed by atoms with Crippen LogP contribution in [-0.4, -0.2) is 99.7 Å². The summed E-state index contributed by atoms with van der Waals surface area (Å²) in [6.07, 6.45) is 9.48. The Morgan fingerprint density at radius 2 is 1.73 bits per heavy atom. The summed E-state index contributed by atoms with van der Waals surface area (Å²) in [4.78, 5) is 57.5. The second kappa shape index (κ2) is 12.3. The van der Waals surface area contributed by atoms with Gasteiger partial charge in [0, 0.05) is 45.2 Å². The van der Waals surface area contributed by atoms with E-state index in [0.717, 1.165) is 88.0 Å². The molecule has 1 aromatic carbocycles. The van der Waals surface area contributed by atoms with Gasteiger partial charge in [0.15, 0.2) is 0 Å². The lowest BCUT2D eigenvalue weighted by atomic mass is 9.87. The molecule has 3 atom stereocenters. The lowest BCUT2D eigenvalue weighted by molar-refractivity contribution is -0.135. The largest absolute Gasteiger partial charge is 0.448 e. The fourth-order valence-corrected chi connectivity index (χ4v) is 8.75. The molecule has 0 aliphatic carbocycles. The van der Waals surface area contributed by atoms with E-state index in [2.05, 4.69) is 21.2 Å². The van der Waals surface area contributed by atoms with E-state index in [1.807, 2.05) is 17.0 Å². The van der Waals surface area contributed by atoms with E-state index in [1.165, 1.54) is 19.3 Å². The van der Waals surface area contributed by atoms with Crippen LogP contribution in [0, 0.1) is 5.92 Å². The Morgan fingerprint density at radius 3 is 2.50 bits per heavy atom. The van der Waals surface area contributed by atoms with Gasteiger partial charge >= 0.3 is 11.8 Å². The Bertz CT molecular complexity index is 1470. The number of aryl methyl sites for hydroxylation is 1. The zero-order chi connectivity index (χ0) is 30.4. The van der Waals surface area contributed by atoms with Crippen molar-refractivity contribution in [1.29, 1.82) is 0 Å². The number of carbonyl (C=O) groups is 3. The number of para-hydroxylation sites is 1. The minimum atomic E-state index is -0.667. The molecule has 5 aliphatic heterocycles. The van der Waals surface area contributed by atoms with E-state index in [4.69, 9.17) is 4.74 Å². The van der Waals surface area contributed by atoms with Crippen molar-refractivity contribution in [3.8, 4) is 0 Å². The molecule has 1 aromatic heterocycles. The molecule has 11 nitrogen and oxygen atoms in total. The molecule has 238 valence electrons. The van der Waals surface area contributed by atoms with Crippen molar-refractivity contribution in [2.24, 2.45) is 13.0 Å². The fourth-order valence-electron chi connectivity index (χ4n) is 8.75. The van der Waals surface area contributed by atoms with Gasteiger partial charge in [-0.3, -0.25) is 28.9 Å². The summed E-state index contributed by atoms with van der Waals surface area (Å²) >= 11 is 0. The monoisotopic (exact) mass is 606 g/mol. The molecular weight excluding hydrogens is 560 g/mol. The van der Waals surface area contributed by atoms with Crippen molar-refractivity contribution in [3.63, 3.8) is 0 Å². The number of hydrogen-bond donors (Lipinski definition) is 1. The highest BCUT2D eigenvalue weighted by atomic mass is 16.6. The number of ether oxygens (including phenoxy) is 1. The molecule has 0 spiro atoms. The van der Waals surface area contributed by atoms with Gasteiger partial charge in [-0.05, 0) is 101 Å². The number of nitrogens with zero attached hydrogens (tertiary/aromatic N) is 5. The van der Waals surface area contributed by atoms with Gasteiger partial charge in [-0.15, -0.1) is 0 Å². The third-order valence-electron chi connectivity index (χ3n) is 11.2. The fraction of sp³-hybridized carbons (Fsp3) is 0.697. The zero-order valence-electron chi connectivity index (χ0n) is 25.9. The van der Waals surface area contributed by atoms with Crippen molar-refractivity contribution < 1.29 is 19.1 Å². The number of likely N-dealkylation sites (tertiary alicyclic amines) is 2. The number of benzene rings is 1. The maximum Gasteiger partial charge on any atom is 0.409 e. The first-order valence-corrected chi connectivity index (χ1v) is 16.8. The zero-order valence-corrected chi connectivity index (χ0v) is 25.9. The topological polar surface area (TPSA) is 109 Å². The Hall–Kier alpha value is -3.18. The molecule has 11 heteroatoms. The number of carbonyl (C=O) groups excluding carboxylic acids is 3. The summed E-state index contributed by atoms with van der Waals surface area (Å²) in [5.74, 6) is 0.240. The van der Waals surface area contributed by atoms with Gasteiger partial charge in [0.05, 0.1) is 11.0 Å². The van der Waals surface area contributed by atoms with E-state index in [-0.39, 0.29) is 24.1 Å². The molecule has 0 saturated carbocycles. The predicted octanol–water partition coefficient (Wildman–Crippen LogP) is 2.97. The third kappa shape index (κ3) is 5.57. The van der Waals surface area contributed by atoms with Crippen LogP contribution in [0.4, 0.5) is 4.79 Å². The number of nitrogens with one attached hydrogen (secondary N) is 1. The van der Waals surface area contributed by atoms with Crippen LogP contribution in [0.15, 0.2) is 23.0 Å². The average molecular weight is 607 g/mol. The second-order valence-corrected chi connectivity index (χ2v) is 13.7. The van der Waals surface area contributed by atoms with E-state index in [9.17, 15) is 19.2 Å². The molecule has 5 saturated heterocycles. The van der Waals surface area contributed by atoms with Crippen molar-refractivity contribution in [2.75, 3.05) is 45.9 Å². The number of hydrogen-bond acceptors (Lipinski definition) is 7. The summed E-state index contributed by atoms with van der Waals surface area (Å²) in [6.45, 7) is 6.31. The number of rotatable bonds is 6. The lowest BCUT2D eigenvalue weighted by Crippen LogP contribution is -2.44. The highest BCUT2D eigenvalue weighted by molar-refractivity contribution is 6.00. The third-order valence-corrected chi connectivity index (χ3v) is 11.2. The molecule has 2 unspecified atom stereocenters. The van der Waals surface area contributed by atoms with Gasteiger partial charge in [0.1, 0.15) is 12.6 Å². The second-order valence-electron chi connectivity index (χ2n) is 13.7. The van der Waals surface area contributed by atoms with Gasteiger partial charge in [-0.2, -0.15) is 0 Å². The Labute approximate surface area is 258 Å². The van der Waals surface area contributed by atoms with Crippen LogP contribution >= 0.6 is 0 Å². The van der Waals surface area contributed by atoms with Crippen LogP contribution < -0.4 is 11.0 Å². The minimum Gasteiger partial charge on any atom is -0.448 e. The summed E-state index contributed by atoms with van der Waals surface area (Å²) < 4.78 is 9.04. The van der Waals surface area contributed by atoms with Gasteiger partial charge in [0.2, 0.25) is 11.8 Å². The van der Waals surface area contributed by atoms with E-state index < -0.39 is 11.9 Å². The number of aromatic nitrogens is 2. The van der Waals surface area contributed by atoms with E-state index in [0.29, 0.717) is 36.9 Å². The van der Waals surface area contributed by atoms with Crippen LogP contribution in [0.1, 0.15) is 81.7 Å². The molecule has 3 amide bonds. The van der Waals surface area contributed by atoms with Gasteiger partial charge in [-0.25, -0.2) is 9.59 Å². The highest BCUT2D eigenvalue weighted by Gasteiger charge is 2.38. The van der Waals surface area contributed by atoms with Gasteiger partial charge in [-0.1, -0.05) is 12.1 Å². The summed E-state index contributed by atoms with van der Waals surface area (Å²) in [7, 11) is 1.78. The molecule has 1 N–H and O–H groups in total. The Morgan fingerprint density at radius 1 is 0.932 bits per heavy atom. The van der Waals surface area contributed by atoms with Gasteiger partial charge in [0.25, 0.3) is 0 Å². The standard InChI is InChI=1S/C33H46N6O5/c1-35-30-26(5-2-6-27(30)39(32(35)42)28-9-10-29(40)34-31(28)41)23-13-16-36(17-14-23)20-22-11-18-37(19-12-22)33(43)44-21-25-8-7-24-4-3-15-38(24)25/h2,5-6,22-25,28H,3-4,7-21H2,1H3,(H,34,40,41)/t24?,25-,28?/m0/s1. The number of imide groups is 1. The van der Waals surface area contributed by atoms with Crippen LogP contribution in [0.25, 0.3) is 11.0 Å². The van der Waals surface area contributed by atoms with Gasteiger partial charge < -0.3 is 14.5 Å². The van der Waals surface area contributed by atoms with Crippen molar-refractivity contribution in [3.05, 3.63) is 34.2 Å². The van der Waals surface area contributed by atoms with E-state index >= 15 is 0 Å². The van der Waals surface area contributed by atoms with E-state index in [1.54, 1.807) is 16.2 Å². The smallest absolute Gasteiger partial charge is 0.409 e. The number of fused-ring (bicyclic) bond motifs is 2. The first-order valence-electron chi connectivity index (χ1n) is 16.8. The van der Waals surface area contributed by atoms with Crippen LogP contribution in [0.5, 0.6) is 0 Å². The number of amides is 3. The molecule has 7 rings (SSSR count). The maximum absolute atomic E-state index is 13.3. The SMILES string of the molecule is Cn1c(=O)n(C2CCC(=O)NC2=O)c2cccc(C3CCN(CC4CCN(C(=O)OC[C@@H]5CCC6CCCN65)CC4)CC3)c21. The molecule has 5 fully saturated rings. The maximum atomic E-state index is 13.3. The normalized spacial score (nSPS) is 27.7. The molecule has 6 heterocycles. The van der Waals surface area contributed by atoms with Crippen LogP contribution in [-0.2, 0) is 21.4 Å². The Kier molecular flexibility index (Phi) is 8.26. The molecule has 2 aromatic rings. The van der Waals surface area contributed by atoms with Crippen molar-refractivity contribution in [1.82, 2.24) is 29.2 Å². The number of imidazole rings is 1. The lowest BCUT2D eigenvalue weighted by Gasteiger charge is -2.37. The molecule has 0 radical (unpaired) electrons. The Balaban J connectivity index is 0.912. The first-order chi connectivity index (χ1) is 21.4. The summed E-state index contributed by atoms with van der Waals surface area (Å²) in [5.41, 5.74) is 2.61. The first kappa shape index (κ1) is 29.5. The summed E-state index contributed by atoms with van der Waals surface area (Å²) in [5, 5.41) is 2.40. The van der Waals surface area contributed by atoms with Crippen molar-refractivity contribution in [2.45, 2.75) is 88.3 Å². The predicted molar refractivity (Wildman–Crippen MR) is 165 cm³/mol. The summed E-state index contributed by atoms with van der Waals surface area (Å²) in [6, 6.07) is 6.49. The molecular formula is C33H46N6O5. The van der Waals surface area contributed by atoms with Crippen molar-refractivity contribution >= 4 is 28.9 Å². The quantitative estimate of drug-likeness (QED) is 0.504. The van der Waals surface area contributed by atoms with Crippen LogP contribution in [0.2, 0.25) is 0 Å².